The Morgan fingerprint density at radius 3 is 2.72 bits per heavy atom. The van der Waals surface area contributed by atoms with Gasteiger partial charge in [-0.2, -0.15) is 5.10 Å². The minimum Gasteiger partial charge on any atom is -0.311 e. The van der Waals surface area contributed by atoms with Crippen molar-refractivity contribution >= 4 is 11.6 Å². The molecule has 6 heteroatoms. The molecule has 18 heavy (non-hydrogen) atoms. The van der Waals surface area contributed by atoms with Gasteiger partial charge >= 0.3 is 0 Å². The lowest BCUT2D eigenvalue weighted by atomic mass is 10.4. The largest absolute Gasteiger partial charge is 0.311 e. The topological polar surface area (TPSA) is 55.6 Å². The average Bonchev–Trinajstić information content (AvgIpc) is 2.71. The lowest BCUT2D eigenvalue weighted by Gasteiger charge is -2.03. The molecule has 5 nitrogen and oxygen atoms in total. The summed E-state index contributed by atoms with van der Waals surface area (Å²) < 4.78 is 1.63. The fraction of sp³-hybridized carbons (Fsp3) is 0.417. The highest BCUT2D eigenvalue weighted by Gasteiger charge is 2.05. The molecule has 0 radical (unpaired) electrons. The number of aromatic nitrogens is 4. The Bertz CT molecular complexity index is 486. The number of nitrogens with zero attached hydrogens (tertiary/aromatic N) is 4. The SMILES string of the molecule is CCCNCc1cnc(-n2cc(Cl)c(C)n2)cn1. The minimum absolute atomic E-state index is 0.630. The maximum absolute atomic E-state index is 5.95. The smallest absolute Gasteiger partial charge is 0.171 e. The summed E-state index contributed by atoms with van der Waals surface area (Å²) in [6.07, 6.45) is 6.29. The minimum atomic E-state index is 0.630. The van der Waals surface area contributed by atoms with Crippen molar-refractivity contribution in [3.8, 4) is 5.82 Å². The lowest BCUT2D eigenvalue weighted by Crippen LogP contribution is -2.15. The van der Waals surface area contributed by atoms with Crippen LogP contribution in [0.15, 0.2) is 18.6 Å². The van der Waals surface area contributed by atoms with E-state index in [1.807, 2.05) is 6.92 Å². The molecule has 2 rings (SSSR count). The molecule has 1 N–H and O–H groups in total. The van der Waals surface area contributed by atoms with Crippen LogP contribution in [-0.4, -0.2) is 26.3 Å². The number of hydrogen-bond donors (Lipinski definition) is 1. The van der Waals surface area contributed by atoms with Gasteiger partial charge in [0.15, 0.2) is 5.82 Å². The standard InChI is InChI=1S/C12H16ClN5/c1-3-4-14-5-10-6-16-12(7-15-10)18-8-11(13)9(2)17-18/h6-8,14H,3-5H2,1-2H3. The van der Waals surface area contributed by atoms with E-state index in [2.05, 4.69) is 27.3 Å². The zero-order valence-corrected chi connectivity index (χ0v) is 11.3. The van der Waals surface area contributed by atoms with Crippen LogP contribution in [0, 0.1) is 6.92 Å². The number of halogens is 1. The van der Waals surface area contributed by atoms with Crippen LogP contribution in [0.25, 0.3) is 5.82 Å². The fourth-order valence-electron chi connectivity index (χ4n) is 1.51. The van der Waals surface area contributed by atoms with Gasteiger partial charge in [-0.1, -0.05) is 18.5 Å². The van der Waals surface area contributed by atoms with E-state index in [9.17, 15) is 0 Å². The van der Waals surface area contributed by atoms with Crippen LogP contribution in [0.4, 0.5) is 0 Å². The van der Waals surface area contributed by atoms with Gasteiger partial charge in [-0.15, -0.1) is 0 Å². The second-order valence-electron chi connectivity index (χ2n) is 4.05. The van der Waals surface area contributed by atoms with Crippen molar-refractivity contribution in [1.29, 1.82) is 0 Å². The van der Waals surface area contributed by atoms with Gasteiger partial charge in [0.2, 0.25) is 0 Å². The third-order valence-electron chi connectivity index (χ3n) is 2.50. The van der Waals surface area contributed by atoms with Crippen molar-refractivity contribution < 1.29 is 0 Å². The molecule has 0 aliphatic carbocycles. The first kappa shape index (κ1) is 13.0. The highest BCUT2D eigenvalue weighted by molar-refractivity contribution is 6.31. The Morgan fingerprint density at radius 2 is 2.17 bits per heavy atom. The van der Waals surface area contributed by atoms with Crippen LogP contribution in [-0.2, 0) is 6.54 Å². The molecular weight excluding hydrogens is 250 g/mol. The summed E-state index contributed by atoms with van der Waals surface area (Å²) in [5, 5.41) is 8.16. The van der Waals surface area contributed by atoms with E-state index < -0.39 is 0 Å². The predicted octanol–water partition coefficient (Wildman–Crippen LogP) is 2.12. The van der Waals surface area contributed by atoms with E-state index in [0.717, 1.165) is 30.9 Å². The molecule has 0 unspecified atom stereocenters. The molecule has 2 aromatic rings. The molecule has 0 fully saturated rings. The van der Waals surface area contributed by atoms with Gasteiger partial charge in [0.05, 0.1) is 35.0 Å². The van der Waals surface area contributed by atoms with Crippen LogP contribution in [0.1, 0.15) is 24.7 Å². The molecule has 96 valence electrons. The first-order valence-corrected chi connectivity index (χ1v) is 6.32. The summed E-state index contributed by atoms with van der Waals surface area (Å²) in [6, 6.07) is 0. The van der Waals surface area contributed by atoms with Crippen LogP contribution in [0.2, 0.25) is 5.02 Å². The predicted molar refractivity (Wildman–Crippen MR) is 70.9 cm³/mol. The van der Waals surface area contributed by atoms with E-state index in [-0.39, 0.29) is 0 Å². The second kappa shape index (κ2) is 5.93. The number of rotatable bonds is 5. The Hall–Kier alpha value is -1.46. The second-order valence-corrected chi connectivity index (χ2v) is 4.46. The number of aryl methyl sites for hydroxylation is 1. The van der Waals surface area contributed by atoms with Gasteiger partial charge < -0.3 is 5.32 Å². The van der Waals surface area contributed by atoms with Crippen molar-refractivity contribution in [1.82, 2.24) is 25.1 Å². The van der Waals surface area contributed by atoms with Crippen LogP contribution < -0.4 is 5.32 Å². The third kappa shape index (κ3) is 3.05. The maximum atomic E-state index is 5.95. The summed E-state index contributed by atoms with van der Waals surface area (Å²) in [6.45, 7) is 5.71. The molecule has 0 aliphatic heterocycles. The van der Waals surface area contributed by atoms with Gasteiger partial charge in [-0.3, -0.25) is 4.98 Å². The summed E-state index contributed by atoms with van der Waals surface area (Å²) in [5.74, 6) is 0.671. The van der Waals surface area contributed by atoms with E-state index in [4.69, 9.17) is 11.6 Å². The highest BCUT2D eigenvalue weighted by atomic mass is 35.5. The van der Waals surface area contributed by atoms with E-state index in [0.29, 0.717) is 10.8 Å². The van der Waals surface area contributed by atoms with Crippen molar-refractivity contribution in [3.05, 3.63) is 35.0 Å². The molecule has 0 saturated carbocycles. The van der Waals surface area contributed by atoms with Crippen molar-refractivity contribution in [3.63, 3.8) is 0 Å². The van der Waals surface area contributed by atoms with Crippen LogP contribution >= 0.6 is 11.6 Å². The van der Waals surface area contributed by atoms with Crippen LogP contribution in [0.5, 0.6) is 0 Å². The quantitative estimate of drug-likeness (QED) is 0.842. The summed E-state index contributed by atoms with van der Waals surface area (Å²) in [5.41, 5.74) is 1.70. The van der Waals surface area contributed by atoms with Crippen molar-refractivity contribution in [2.24, 2.45) is 0 Å². The van der Waals surface area contributed by atoms with Gasteiger partial charge in [0.1, 0.15) is 0 Å². The molecule has 0 bridgehead atoms. The average molecular weight is 266 g/mol. The normalized spacial score (nSPS) is 10.8. The van der Waals surface area contributed by atoms with Gasteiger partial charge in [-0.05, 0) is 19.9 Å². The first-order valence-electron chi connectivity index (χ1n) is 5.94. The van der Waals surface area contributed by atoms with Crippen molar-refractivity contribution in [2.45, 2.75) is 26.8 Å². The molecule has 2 aromatic heterocycles. The van der Waals surface area contributed by atoms with Crippen molar-refractivity contribution in [2.75, 3.05) is 6.54 Å². The van der Waals surface area contributed by atoms with Crippen LogP contribution in [0.3, 0.4) is 0 Å². The zero-order valence-electron chi connectivity index (χ0n) is 10.5. The van der Waals surface area contributed by atoms with Gasteiger partial charge in [0, 0.05) is 6.54 Å². The number of nitrogens with one attached hydrogen (secondary N) is 1. The zero-order chi connectivity index (χ0) is 13.0. The molecule has 2 heterocycles. The Labute approximate surface area is 111 Å². The van der Waals surface area contributed by atoms with E-state index in [1.165, 1.54) is 0 Å². The number of hydrogen-bond acceptors (Lipinski definition) is 4. The molecular formula is C12H16ClN5. The van der Waals surface area contributed by atoms with E-state index in [1.54, 1.807) is 23.3 Å². The summed E-state index contributed by atoms with van der Waals surface area (Å²) in [4.78, 5) is 8.66. The van der Waals surface area contributed by atoms with Gasteiger partial charge in [-0.25, -0.2) is 9.67 Å². The Balaban J connectivity index is 2.07. The Morgan fingerprint density at radius 1 is 1.33 bits per heavy atom. The lowest BCUT2D eigenvalue weighted by molar-refractivity contribution is 0.660. The molecule has 0 saturated heterocycles. The maximum Gasteiger partial charge on any atom is 0.171 e. The Kier molecular flexibility index (Phi) is 4.28. The van der Waals surface area contributed by atoms with E-state index >= 15 is 0 Å². The molecule has 0 atom stereocenters. The molecule has 0 amide bonds. The fourth-order valence-corrected chi connectivity index (χ4v) is 1.64. The highest BCUT2D eigenvalue weighted by Crippen LogP contribution is 2.14. The molecule has 0 spiro atoms. The third-order valence-corrected chi connectivity index (χ3v) is 2.87. The summed E-state index contributed by atoms with van der Waals surface area (Å²) in [7, 11) is 0. The first-order chi connectivity index (χ1) is 8.70. The molecule has 0 aromatic carbocycles. The van der Waals surface area contributed by atoms with Gasteiger partial charge in [0.25, 0.3) is 0 Å². The monoisotopic (exact) mass is 265 g/mol. The summed E-state index contributed by atoms with van der Waals surface area (Å²) >= 11 is 5.95. The molecule has 0 aliphatic rings.